The molecule has 5 heteroatoms. The number of carboxylic acids is 1. The molecule has 1 aromatic rings. The van der Waals surface area contributed by atoms with E-state index in [9.17, 15) is 9.59 Å². The van der Waals surface area contributed by atoms with Crippen LogP contribution in [0.5, 0.6) is 0 Å². The molecule has 0 bridgehead atoms. The quantitative estimate of drug-likeness (QED) is 0.286. The fourth-order valence-electron chi connectivity index (χ4n) is 3.94. The number of halogens is 1. The Kier molecular flexibility index (Phi) is 9.88. The van der Waals surface area contributed by atoms with Crippen molar-refractivity contribution in [1.29, 1.82) is 0 Å². The van der Waals surface area contributed by atoms with Crippen molar-refractivity contribution in [1.82, 2.24) is 0 Å². The Bertz CT molecular complexity index is 928. The molecular formula is C26H32ClNO3. The number of hydrogen-bond acceptors (Lipinski definition) is 2. The first kappa shape index (κ1) is 24.8. The highest BCUT2D eigenvalue weighted by molar-refractivity contribution is 6.34. The molecule has 0 radical (unpaired) electrons. The Morgan fingerprint density at radius 1 is 1.23 bits per heavy atom. The van der Waals surface area contributed by atoms with Gasteiger partial charge in [-0.1, -0.05) is 55.7 Å². The summed E-state index contributed by atoms with van der Waals surface area (Å²) in [7, 11) is 0. The van der Waals surface area contributed by atoms with Crippen LogP contribution in [0.2, 0.25) is 5.02 Å². The number of carbonyl (C=O) groups excluding carboxylic acids is 1. The number of rotatable bonds is 7. The molecule has 1 fully saturated rings. The molecule has 1 aliphatic carbocycles. The van der Waals surface area contributed by atoms with E-state index in [-0.39, 0.29) is 12.3 Å². The van der Waals surface area contributed by atoms with Gasteiger partial charge < -0.3 is 10.4 Å². The number of carboxylic acid groups (broad SMARTS) is 1. The van der Waals surface area contributed by atoms with E-state index in [1.807, 2.05) is 26.8 Å². The Labute approximate surface area is 190 Å². The van der Waals surface area contributed by atoms with Gasteiger partial charge in [-0.2, -0.15) is 0 Å². The van der Waals surface area contributed by atoms with Crippen LogP contribution in [-0.2, 0) is 16.0 Å². The van der Waals surface area contributed by atoms with Crippen LogP contribution in [0.25, 0.3) is 0 Å². The van der Waals surface area contributed by atoms with Crippen LogP contribution >= 0.6 is 11.6 Å². The summed E-state index contributed by atoms with van der Waals surface area (Å²) in [6.07, 6.45) is 9.89. The number of allylic oxidation sites excluding steroid dienone is 3. The van der Waals surface area contributed by atoms with E-state index < -0.39 is 5.97 Å². The average Bonchev–Trinajstić information content (AvgIpc) is 2.71. The summed E-state index contributed by atoms with van der Waals surface area (Å²) in [4.78, 5) is 23.8. The number of nitrogens with one attached hydrogen (secondary N) is 1. The van der Waals surface area contributed by atoms with Crippen LogP contribution in [0.1, 0.15) is 71.3 Å². The van der Waals surface area contributed by atoms with Gasteiger partial charge in [0.1, 0.15) is 0 Å². The number of benzene rings is 1. The topological polar surface area (TPSA) is 66.4 Å². The van der Waals surface area contributed by atoms with E-state index in [0.717, 1.165) is 23.5 Å². The average molecular weight is 442 g/mol. The van der Waals surface area contributed by atoms with Crippen molar-refractivity contribution < 1.29 is 14.7 Å². The Hall–Kier alpha value is -2.51. The number of carbonyl (C=O) groups is 2. The molecule has 31 heavy (non-hydrogen) atoms. The first-order valence-electron chi connectivity index (χ1n) is 11.0. The van der Waals surface area contributed by atoms with Crippen molar-refractivity contribution in [2.24, 2.45) is 5.92 Å². The molecule has 0 spiro atoms. The third-order valence-corrected chi connectivity index (χ3v) is 5.90. The minimum atomic E-state index is -0.935. The number of aliphatic carboxylic acids is 1. The predicted molar refractivity (Wildman–Crippen MR) is 127 cm³/mol. The van der Waals surface area contributed by atoms with Gasteiger partial charge in [0.25, 0.3) is 5.91 Å². The maximum atomic E-state index is 12.9. The van der Waals surface area contributed by atoms with Gasteiger partial charge in [-0.3, -0.25) is 9.59 Å². The van der Waals surface area contributed by atoms with Crippen LogP contribution < -0.4 is 5.32 Å². The Balaban J connectivity index is 2.10. The molecule has 2 N–H and O–H groups in total. The molecule has 1 aliphatic rings. The second-order valence-corrected chi connectivity index (χ2v) is 8.60. The Morgan fingerprint density at radius 3 is 2.58 bits per heavy atom. The molecule has 0 saturated heterocycles. The lowest BCUT2D eigenvalue weighted by Gasteiger charge is -2.18. The fourth-order valence-corrected chi connectivity index (χ4v) is 4.11. The molecular weight excluding hydrogens is 410 g/mol. The zero-order valence-corrected chi connectivity index (χ0v) is 19.4. The zero-order valence-electron chi connectivity index (χ0n) is 18.7. The highest BCUT2D eigenvalue weighted by Gasteiger charge is 2.14. The van der Waals surface area contributed by atoms with Crippen molar-refractivity contribution in [3.05, 3.63) is 51.6 Å². The van der Waals surface area contributed by atoms with E-state index in [4.69, 9.17) is 16.7 Å². The summed E-state index contributed by atoms with van der Waals surface area (Å²) in [6, 6.07) is 4.85. The standard InChI is InChI=1S/C26H32ClNO3/c1-4-22(19(3)15-18(2)9-8-12-20-10-6-5-7-11-20)26(31)28-24-16-21(17-25(29)30)13-14-23(24)27/h13-16,20H,4-7,10-12,17H2,1-3H3,(H,28,31)(H,29,30)/b18-15+,22-19+. The van der Waals surface area contributed by atoms with Crippen molar-refractivity contribution in [3.63, 3.8) is 0 Å². The summed E-state index contributed by atoms with van der Waals surface area (Å²) in [6.45, 7) is 5.81. The molecule has 4 nitrogen and oxygen atoms in total. The summed E-state index contributed by atoms with van der Waals surface area (Å²) in [5.41, 5.74) is 3.44. The monoisotopic (exact) mass is 441 g/mol. The van der Waals surface area contributed by atoms with Gasteiger partial charge in [-0.05, 0) is 73.9 Å². The lowest BCUT2D eigenvalue weighted by atomic mass is 9.87. The molecule has 0 heterocycles. The van der Waals surface area contributed by atoms with Crippen molar-refractivity contribution >= 4 is 29.2 Å². The summed E-state index contributed by atoms with van der Waals surface area (Å²) in [5, 5.41) is 12.2. The summed E-state index contributed by atoms with van der Waals surface area (Å²) < 4.78 is 0. The normalized spacial score (nSPS) is 15.5. The zero-order chi connectivity index (χ0) is 22.8. The van der Waals surface area contributed by atoms with Crippen molar-refractivity contribution in [3.8, 4) is 11.8 Å². The molecule has 0 atom stereocenters. The molecule has 0 unspecified atom stereocenters. The maximum Gasteiger partial charge on any atom is 0.307 e. The highest BCUT2D eigenvalue weighted by Crippen LogP contribution is 2.26. The maximum absolute atomic E-state index is 12.9. The van der Waals surface area contributed by atoms with Crippen molar-refractivity contribution in [2.75, 3.05) is 5.32 Å². The lowest BCUT2D eigenvalue weighted by molar-refractivity contribution is -0.136. The fraction of sp³-hybridized carbons (Fsp3) is 0.462. The molecule has 166 valence electrons. The van der Waals surface area contributed by atoms with Gasteiger partial charge >= 0.3 is 5.97 Å². The Morgan fingerprint density at radius 2 is 1.94 bits per heavy atom. The lowest BCUT2D eigenvalue weighted by Crippen LogP contribution is -2.16. The largest absolute Gasteiger partial charge is 0.481 e. The SMILES string of the molecule is CC/C(C(=O)Nc1cc(CC(=O)O)ccc1Cl)=C(C)\C=C(/C)C#CCC1CCCCC1. The summed E-state index contributed by atoms with van der Waals surface area (Å²) >= 11 is 6.20. The van der Waals surface area contributed by atoms with Crippen molar-refractivity contribution in [2.45, 2.75) is 72.1 Å². The number of hydrogen-bond donors (Lipinski definition) is 2. The number of amides is 1. The van der Waals surface area contributed by atoms with Gasteiger partial charge in [-0.15, -0.1) is 0 Å². The second-order valence-electron chi connectivity index (χ2n) is 8.19. The van der Waals surface area contributed by atoms with Gasteiger partial charge in [0.2, 0.25) is 0 Å². The van der Waals surface area contributed by atoms with Gasteiger partial charge in [-0.25, -0.2) is 0 Å². The van der Waals surface area contributed by atoms with E-state index in [1.165, 1.54) is 32.1 Å². The first-order chi connectivity index (χ1) is 14.8. The first-order valence-corrected chi connectivity index (χ1v) is 11.4. The highest BCUT2D eigenvalue weighted by atomic mass is 35.5. The van der Waals surface area contributed by atoms with Crippen LogP contribution in [0.3, 0.4) is 0 Å². The third-order valence-electron chi connectivity index (χ3n) is 5.57. The van der Waals surface area contributed by atoms with Crippen LogP contribution in [0, 0.1) is 17.8 Å². The van der Waals surface area contributed by atoms with Gasteiger partial charge in [0.15, 0.2) is 0 Å². The van der Waals surface area contributed by atoms with E-state index in [2.05, 4.69) is 17.2 Å². The second kappa shape index (κ2) is 12.4. The van der Waals surface area contributed by atoms with Gasteiger partial charge in [0.05, 0.1) is 17.1 Å². The van der Waals surface area contributed by atoms with Crippen LogP contribution in [0.4, 0.5) is 5.69 Å². The van der Waals surface area contributed by atoms with Crippen LogP contribution in [-0.4, -0.2) is 17.0 Å². The number of anilines is 1. The molecule has 1 saturated carbocycles. The van der Waals surface area contributed by atoms with Gasteiger partial charge in [0, 0.05) is 12.0 Å². The smallest absolute Gasteiger partial charge is 0.307 e. The molecule has 1 amide bonds. The molecule has 0 aliphatic heterocycles. The minimum absolute atomic E-state index is 0.128. The minimum Gasteiger partial charge on any atom is -0.481 e. The summed E-state index contributed by atoms with van der Waals surface area (Å²) in [5.74, 6) is 6.09. The molecule has 1 aromatic carbocycles. The third kappa shape index (κ3) is 8.26. The van der Waals surface area contributed by atoms with E-state index in [0.29, 0.717) is 28.3 Å². The predicted octanol–water partition coefficient (Wildman–Crippen LogP) is 6.55. The van der Waals surface area contributed by atoms with E-state index >= 15 is 0 Å². The van der Waals surface area contributed by atoms with Crippen LogP contribution in [0.15, 0.2) is 41.0 Å². The molecule has 0 aromatic heterocycles. The molecule has 2 rings (SSSR count). The van der Waals surface area contributed by atoms with E-state index in [1.54, 1.807) is 18.2 Å².